The van der Waals surface area contributed by atoms with Crippen LogP contribution in [-0.4, -0.2) is 38.4 Å². The van der Waals surface area contributed by atoms with Crippen molar-refractivity contribution in [3.63, 3.8) is 0 Å². The number of rotatable bonds is 6. The summed E-state index contributed by atoms with van der Waals surface area (Å²) in [5, 5.41) is 13.9. The second-order valence-electron chi connectivity index (χ2n) is 6.63. The lowest BCUT2D eigenvalue weighted by Gasteiger charge is -2.35. The van der Waals surface area contributed by atoms with E-state index in [0.717, 1.165) is 35.3 Å². The molecule has 0 saturated heterocycles. The molecule has 1 aliphatic carbocycles. The van der Waals surface area contributed by atoms with Crippen molar-refractivity contribution in [3.8, 4) is 5.75 Å². The van der Waals surface area contributed by atoms with Gasteiger partial charge < -0.3 is 19.9 Å². The maximum absolute atomic E-state index is 12.3. The summed E-state index contributed by atoms with van der Waals surface area (Å²) in [6, 6.07) is 2.03. The summed E-state index contributed by atoms with van der Waals surface area (Å²) < 4.78 is 10.4. The van der Waals surface area contributed by atoms with Gasteiger partial charge in [-0.25, -0.2) is 0 Å². The SMILES string of the molecule is COCCNC(=O)[C@@H](C)[C@H]1CCc2c(C)cc(OC)c(C)c2[C@@H]1O. The van der Waals surface area contributed by atoms with Gasteiger partial charge in [0.05, 0.1) is 19.8 Å². The summed E-state index contributed by atoms with van der Waals surface area (Å²) in [5.41, 5.74) is 4.26. The van der Waals surface area contributed by atoms with E-state index in [1.807, 2.05) is 19.9 Å². The van der Waals surface area contributed by atoms with Crippen LogP contribution >= 0.6 is 0 Å². The number of ether oxygens (including phenoxy) is 2. The fraction of sp³-hybridized carbons (Fsp3) is 0.632. The summed E-state index contributed by atoms with van der Waals surface area (Å²) in [4.78, 5) is 12.3. The second kappa shape index (κ2) is 7.99. The van der Waals surface area contributed by atoms with Crippen LogP contribution < -0.4 is 10.1 Å². The molecular formula is C19H29NO4. The van der Waals surface area contributed by atoms with Gasteiger partial charge in [-0.1, -0.05) is 6.92 Å². The topological polar surface area (TPSA) is 67.8 Å². The molecule has 2 rings (SSSR count). The molecule has 0 bridgehead atoms. The third-order valence-corrected chi connectivity index (χ3v) is 5.23. The normalized spacial score (nSPS) is 21.1. The van der Waals surface area contributed by atoms with Gasteiger partial charge in [0.25, 0.3) is 0 Å². The lowest BCUT2D eigenvalue weighted by atomic mass is 9.72. The molecule has 1 aliphatic rings. The van der Waals surface area contributed by atoms with Gasteiger partial charge in [-0.2, -0.15) is 0 Å². The van der Waals surface area contributed by atoms with Gasteiger partial charge in [-0.15, -0.1) is 0 Å². The smallest absolute Gasteiger partial charge is 0.223 e. The van der Waals surface area contributed by atoms with Crippen molar-refractivity contribution < 1.29 is 19.4 Å². The van der Waals surface area contributed by atoms with E-state index < -0.39 is 6.10 Å². The Morgan fingerprint density at radius 3 is 2.75 bits per heavy atom. The quantitative estimate of drug-likeness (QED) is 0.783. The van der Waals surface area contributed by atoms with Gasteiger partial charge in [0.2, 0.25) is 5.91 Å². The molecule has 1 amide bonds. The Balaban J connectivity index is 2.24. The van der Waals surface area contributed by atoms with E-state index in [2.05, 4.69) is 12.2 Å². The van der Waals surface area contributed by atoms with Crippen LogP contribution in [0, 0.1) is 25.7 Å². The zero-order chi connectivity index (χ0) is 17.9. The van der Waals surface area contributed by atoms with Crippen LogP contribution in [0.15, 0.2) is 6.07 Å². The van der Waals surface area contributed by atoms with E-state index in [-0.39, 0.29) is 17.7 Å². The number of carbonyl (C=O) groups is 1. The number of amides is 1. The molecule has 1 aromatic carbocycles. The molecule has 5 nitrogen and oxygen atoms in total. The predicted octanol–water partition coefficient (Wildman–Crippen LogP) is 2.31. The number of hydrogen-bond donors (Lipinski definition) is 2. The van der Waals surface area contributed by atoms with Crippen molar-refractivity contribution >= 4 is 5.91 Å². The maximum atomic E-state index is 12.3. The first-order valence-corrected chi connectivity index (χ1v) is 8.54. The molecule has 0 unspecified atom stereocenters. The minimum Gasteiger partial charge on any atom is -0.496 e. The molecule has 0 spiro atoms. The summed E-state index contributed by atoms with van der Waals surface area (Å²) in [6.45, 7) is 6.90. The molecular weight excluding hydrogens is 306 g/mol. The van der Waals surface area contributed by atoms with Gasteiger partial charge in [-0.05, 0) is 55.0 Å². The van der Waals surface area contributed by atoms with Gasteiger partial charge in [0, 0.05) is 25.5 Å². The molecule has 1 aromatic rings. The number of hydrogen-bond acceptors (Lipinski definition) is 4. The average molecular weight is 335 g/mol. The molecule has 0 aromatic heterocycles. The van der Waals surface area contributed by atoms with Crippen LogP contribution in [0.5, 0.6) is 5.75 Å². The number of fused-ring (bicyclic) bond motifs is 1. The fourth-order valence-electron chi connectivity index (χ4n) is 3.75. The Bertz CT molecular complexity index is 600. The summed E-state index contributed by atoms with van der Waals surface area (Å²) >= 11 is 0. The van der Waals surface area contributed by atoms with Crippen molar-refractivity contribution in [2.75, 3.05) is 27.4 Å². The largest absolute Gasteiger partial charge is 0.496 e. The van der Waals surface area contributed by atoms with E-state index in [4.69, 9.17) is 9.47 Å². The van der Waals surface area contributed by atoms with Gasteiger partial charge in [-0.3, -0.25) is 4.79 Å². The molecule has 24 heavy (non-hydrogen) atoms. The fourth-order valence-corrected chi connectivity index (χ4v) is 3.75. The minimum atomic E-state index is -0.647. The van der Waals surface area contributed by atoms with Gasteiger partial charge in [0.1, 0.15) is 5.75 Å². The highest BCUT2D eigenvalue weighted by Gasteiger charge is 2.37. The lowest BCUT2D eigenvalue weighted by molar-refractivity contribution is -0.128. The molecule has 2 N–H and O–H groups in total. The highest BCUT2D eigenvalue weighted by atomic mass is 16.5. The Hall–Kier alpha value is -1.59. The highest BCUT2D eigenvalue weighted by Crippen LogP contribution is 2.43. The van der Waals surface area contributed by atoms with E-state index in [0.29, 0.717) is 13.2 Å². The Morgan fingerprint density at radius 2 is 2.12 bits per heavy atom. The maximum Gasteiger partial charge on any atom is 0.223 e. The average Bonchev–Trinajstić information content (AvgIpc) is 2.57. The van der Waals surface area contributed by atoms with Crippen LogP contribution in [0.25, 0.3) is 0 Å². The number of benzene rings is 1. The van der Waals surface area contributed by atoms with E-state index in [1.54, 1.807) is 14.2 Å². The van der Waals surface area contributed by atoms with Gasteiger partial charge >= 0.3 is 0 Å². The van der Waals surface area contributed by atoms with Crippen molar-refractivity contribution in [2.24, 2.45) is 11.8 Å². The first-order valence-electron chi connectivity index (χ1n) is 8.54. The van der Waals surface area contributed by atoms with Crippen LogP contribution in [0.4, 0.5) is 0 Å². The monoisotopic (exact) mass is 335 g/mol. The predicted molar refractivity (Wildman–Crippen MR) is 93.3 cm³/mol. The third kappa shape index (κ3) is 3.57. The summed E-state index contributed by atoms with van der Waals surface area (Å²) in [5.74, 6) is 0.418. The highest BCUT2D eigenvalue weighted by molar-refractivity contribution is 5.78. The zero-order valence-corrected chi connectivity index (χ0v) is 15.3. The second-order valence-corrected chi connectivity index (χ2v) is 6.63. The third-order valence-electron chi connectivity index (χ3n) is 5.23. The number of methoxy groups -OCH3 is 2. The van der Waals surface area contributed by atoms with E-state index >= 15 is 0 Å². The van der Waals surface area contributed by atoms with Gasteiger partial charge in [0.15, 0.2) is 0 Å². The Labute approximate surface area is 144 Å². The lowest BCUT2D eigenvalue weighted by Crippen LogP contribution is -2.38. The number of nitrogens with one attached hydrogen (secondary N) is 1. The zero-order valence-electron chi connectivity index (χ0n) is 15.3. The molecule has 0 heterocycles. The van der Waals surface area contributed by atoms with Crippen molar-refractivity contribution in [1.82, 2.24) is 5.32 Å². The van der Waals surface area contributed by atoms with E-state index in [9.17, 15) is 9.90 Å². The first kappa shape index (κ1) is 18.7. The van der Waals surface area contributed by atoms with Crippen LogP contribution in [0.1, 0.15) is 41.7 Å². The Kier molecular flexibility index (Phi) is 6.24. The number of aryl methyl sites for hydroxylation is 1. The molecule has 5 heteroatoms. The van der Waals surface area contributed by atoms with Crippen LogP contribution in [-0.2, 0) is 16.0 Å². The van der Waals surface area contributed by atoms with Crippen molar-refractivity contribution in [3.05, 3.63) is 28.3 Å². The molecule has 3 atom stereocenters. The van der Waals surface area contributed by atoms with E-state index in [1.165, 1.54) is 5.56 Å². The Morgan fingerprint density at radius 1 is 1.42 bits per heavy atom. The van der Waals surface area contributed by atoms with Crippen LogP contribution in [0.3, 0.4) is 0 Å². The summed E-state index contributed by atoms with van der Waals surface area (Å²) in [6.07, 6.45) is 1.04. The molecule has 0 radical (unpaired) electrons. The standard InChI is InChI=1S/C19H29NO4/c1-11-10-16(24-5)13(3)17-14(11)6-7-15(18(17)21)12(2)19(22)20-8-9-23-4/h10,12,15,18,21H,6-9H2,1-5H3,(H,20,22)/t12-,15+,18+/m0/s1. The minimum absolute atomic E-state index is 0.0307. The summed E-state index contributed by atoms with van der Waals surface area (Å²) in [7, 11) is 3.25. The molecule has 0 fully saturated rings. The number of carbonyl (C=O) groups excluding carboxylic acids is 1. The molecule has 134 valence electrons. The van der Waals surface area contributed by atoms with Crippen molar-refractivity contribution in [2.45, 2.75) is 39.7 Å². The number of aliphatic hydroxyl groups excluding tert-OH is 1. The van der Waals surface area contributed by atoms with Crippen LogP contribution in [0.2, 0.25) is 0 Å². The molecule has 0 aliphatic heterocycles. The molecule has 0 saturated carbocycles. The van der Waals surface area contributed by atoms with Crippen molar-refractivity contribution in [1.29, 1.82) is 0 Å². The number of aliphatic hydroxyl groups is 1. The first-order chi connectivity index (χ1) is 11.4.